The van der Waals surface area contributed by atoms with Gasteiger partial charge < -0.3 is 9.47 Å². The Hall–Kier alpha value is -2.02. The molecule has 0 bridgehead atoms. The monoisotopic (exact) mass is 203 g/mol. The molecule has 4 heteroatoms. The van der Waals surface area contributed by atoms with Crippen molar-refractivity contribution < 1.29 is 14.3 Å². The van der Waals surface area contributed by atoms with Gasteiger partial charge >= 0.3 is 5.97 Å². The topological polar surface area (TPSA) is 59.3 Å². The first-order chi connectivity index (χ1) is 7.24. The first-order valence-electron chi connectivity index (χ1n) is 4.52. The molecule has 15 heavy (non-hydrogen) atoms. The first-order valence-corrected chi connectivity index (χ1v) is 4.52. The number of cyclic esters (lactones) is 1. The van der Waals surface area contributed by atoms with E-state index < -0.39 is 12.1 Å². The van der Waals surface area contributed by atoms with Gasteiger partial charge in [-0.05, 0) is 23.8 Å². The van der Waals surface area contributed by atoms with Crippen LogP contribution in [0.25, 0.3) is 0 Å². The summed E-state index contributed by atoms with van der Waals surface area (Å²) < 4.78 is 9.94. The van der Waals surface area contributed by atoms with Crippen LogP contribution in [0.2, 0.25) is 0 Å². The average molecular weight is 203 g/mol. The molecule has 1 aliphatic rings. The zero-order valence-corrected chi connectivity index (χ0v) is 8.19. The van der Waals surface area contributed by atoms with E-state index in [1.54, 1.807) is 25.3 Å². The Kier molecular flexibility index (Phi) is 2.30. The molecular weight excluding hydrogens is 194 g/mol. The second-order valence-corrected chi connectivity index (χ2v) is 3.25. The molecule has 1 aromatic rings. The molecule has 0 radical (unpaired) electrons. The van der Waals surface area contributed by atoms with Gasteiger partial charge in [-0.3, -0.25) is 0 Å². The SMILES string of the molecule is COc1ccc2c(c1)CC(C#N)OC2=O. The second kappa shape index (κ2) is 3.62. The molecule has 1 unspecified atom stereocenters. The van der Waals surface area contributed by atoms with E-state index in [9.17, 15) is 4.79 Å². The highest BCUT2D eigenvalue weighted by molar-refractivity contribution is 5.92. The van der Waals surface area contributed by atoms with Gasteiger partial charge in [0.2, 0.25) is 0 Å². The molecule has 0 aromatic heterocycles. The van der Waals surface area contributed by atoms with Crippen molar-refractivity contribution in [2.24, 2.45) is 0 Å². The largest absolute Gasteiger partial charge is 0.497 e. The highest BCUT2D eigenvalue weighted by atomic mass is 16.5. The van der Waals surface area contributed by atoms with Crippen LogP contribution in [0.3, 0.4) is 0 Å². The minimum Gasteiger partial charge on any atom is -0.497 e. The number of hydrogen-bond acceptors (Lipinski definition) is 4. The van der Waals surface area contributed by atoms with Crippen molar-refractivity contribution in [2.45, 2.75) is 12.5 Å². The van der Waals surface area contributed by atoms with Crippen molar-refractivity contribution in [3.63, 3.8) is 0 Å². The Bertz CT molecular complexity index is 448. The number of rotatable bonds is 1. The van der Waals surface area contributed by atoms with Gasteiger partial charge in [-0.1, -0.05) is 0 Å². The van der Waals surface area contributed by atoms with E-state index in [4.69, 9.17) is 14.7 Å². The lowest BCUT2D eigenvalue weighted by atomic mass is 9.99. The number of benzene rings is 1. The Morgan fingerprint density at radius 1 is 1.60 bits per heavy atom. The van der Waals surface area contributed by atoms with Crippen LogP contribution in [0.5, 0.6) is 5.75 Å². The summed E-state index contributed by atoms with van der Waals surface area (Å²) in [5.74, 6) is 0.241. The Morgan fingerprint density at radius 2 is 2.40 bits per heavy atom. The number of carbonyl (C=O) groups excluding carboxylic acids is 1. The summed E-state index contributed by atoms with van der Waals surface area (Å²) in [6, 6.07) is 7.05. The fraction of sp³-hybridized carbons (Fsp3) is 0.273. The molecule has 0 spiro atoms. The minimum absolute atomic E-state index is 0.425. The third-order valence-corrected chi connectivity index (χ3v) is 2.33. The standard InChI is InChI=1S/C11H9NO3/c1-14-8-2-3-10-7(4-8)5-9(6-12)15-11(10)13/h2-4,9H,5H2,1H3. The molecule has 1 aromatic carbocycles. The number of ether oxygens (including phenoxy) is 2. The predicted octanol–water partition coefficient (Wildman–Crippen LogP) is 1.30. The van der Waals surface area contributed by atoms with E-state index in [1.807, 2.05) is 6.07 Å². The van der Waals surface area contributed by atoms with Gasteiger partial charge in [0.1, 0.15) is 11.8 Å². The Labute approximate surface area is 87.0 Å². The predicted molar refractivity (Wildman–Crippen MR) is 51.5 cm³/mol. The molecule has 4 nitrogen and oxygen atoms in total. The summed E-state index contributed by atoms with van der Waals surface area (Å²) >= 11 is 0. The van der Waals surface area contributed by atoms with E-state index in [-0.39, 0.29) is 0 Å². The summed E-state index contributed by atoms with van der Waals surface area (Å²) in [4.78, 5) is 11.4. The summed E-state index contributed by atoms with van der Waals surface area (Å²) in [5, 5.41) is 8.70. The molecule has 0 saturated carbocycles. The molecular formula is C11H9NO3. The fourth-order valence-electron chi connectivity index (χ4n) is 1.57. The van der Waals surface area contributed by atoms with Crippen molar-refractivity contribution in [3.05, 3.63) is 29.3 Å². The molecule has 0 amide bonds. The molecule has 0 aliphatic carbocycles. The molecule has 1 heterocycles. The quantitative estimate of drug-likeness (QED) is 0.645. The maximum Gasteiger partial charge on any atom is 0.339 e. The highest BCUT2D eigenvalue weighted by Crippen LogP contribution is 2.24. The number of nitrogens with zero attached hydrogens (tertiary/aromatic N) is 1. The minimum atomic E-state index is -0.683. The molecule has 1 atom stereocenters. The van der Waals surface area contributed by atoms with E-state index in [0.29, 0.717) is 17.7 Å². The van der Waals surface area contributed by atoms with Gasteiger partial charge in [0, 0.05) is 6.42 Å². The molecule has 1 aliphatic heterocycles. The van der Waals surface area contributed by atoms with Crippen LogP contribution in [-0.2, 0) is 11.2 Å². The first kappa shape index (κ1) is 9.53. The summed E-state index contributed by atoms with van der Waals surface area (Å²) in [5.41, 5.74) is 1.32. The van der Waals surface area contributed by atoms with Crippen LogP contribution in [0.1, 0.15) is 15.9 Å². The van der Waals surface area contributed by atoms with Crippen molar-refractivity contribution in [1.29, 1.82) is 5.26 Å². The van der Waals surface area contributed by atoms with Crippen LogP contribution < -0.4 is 4.74 Å². The van der Waals surface area contributed by atoms with Crippen LogP contribution in [0.4, 0.5) is 0 Å². The third-order valence-electron chi connectivity index (χ3n) is 2.33. The van der Waals surface area contributed by atoms with E-state index in [0.717, 1.165) is 5.56 Å². The van der Waals surface area contributed by atoms with Crippen molar-refractivity contribution in [3.8, 4) is 11.8 Å². The molecule has 76 valence electrons. The van der Waals surface area contributed by atoms with Crippen LogP contribution >= 0.6 is 0 Å². The molecule has 0 saturated heterocycles. The lowest BCUT2D eigenvalue weighted by molar-refractivity contribution is 0.0370. The van der Waals surface area contributed by atoms with E-state index in [2.05, 4.69) is 0 Å². The lowest BCUT2D eigenvalue weighted by Gasteiger charge is -2.20. The van der Waals surface area contributed by atoms with Crippen LogP contribution in [-0.4, -0.2) is 19.2 Å². The zero-order chi connectivity index (χ0) is 10.8. The van der Waals surface area contributed by atoms with Crippen molar-refractivity contribution in [1.82, 2.24) is 0 Å². The maximum absolute atomic E-state index is 11.4. The Morgan fingerprint density at radius 3 is 3.07 bits per heavy atom. The van der Waals surface area contributed by atoms with Crippen molar-refractivity contribution >= 4 is 5.97 Å². The third kappa shape index (κ3) is 1.64. The number of nitriles is 1. The normalized spacial score (nSPS) is 18.7. The molecule has 0 fully saturated rings. The van der Waals surface area contributed by atoms with Gasteiger partial charge in [-0.15, -0.1) is 0 Å². The summed E-state index contributed by atoms with van der Waals surface area (Å²) in [7, 11) is 1.56. The van der Waals surface area contributed by atoms with E-state index >= 15 is 0 Å². The van der Waals surface area contributed by atoms with Gasteiger partial charge in [-0.25, -0.2) is 4.79 Å². The second-order valence-electron chi connectivity index (χ2n) is 3.25. The van der Waals surface area contributed by atoms with Crippen LogP contribution in [0, 0.1) is 11.3 Å². The van der Waals surface area contributed by atoms with E-state index in [1.165, 1.54) is 0 Å². The van der Waals surface area contributed by atoms with Gasteiger partial charge in [0.05, 0.1) is 12.7 Å². The van der Waals surface area contributed by atoms with Crippen molar-refractivity contribution in [2.75, 3.05) is 7.11 Å². The number of fused-ring (bicyclic) bond motifs is 1. The maximum atomic E-state index is 11.4. The summed E-state index contributed by atoms with van der Waals surface area (Å²) in [6.07, 6.45) is -0.258. The van der Waals surface area contributed by atoms with Gasteiger partial charge in [-0.2, -0.15) is 5.26 Å². The highest BCUT2D eigenvalue weighted by Gasteiger charge is 2.26. The van der Waals surface area contributed by atoms with Crippen LogP contribution in [0.15, 0.2) is 18.2 Å². The lowest BCUT2D eigenvalue weighted by Crippen LogP contribution is -2.26. The number of methoxy groups -OCH3 is 1. The van der Waals surface area contributed by atoms with Gasteiger partial charge in [0.25, 0.3) is 0 Å². The number of carbonyl (C=O) groups is 1. The number of esters is 1. The summed E-state index contributed by atoms with van der Waals surface area (Å²) in [6.45, 7) is 0. The molecule has 0 N–H and O–H groups in total. The Balaban J connectivity index is 2.42. The van der Waals surface area contributed by atoms with Gasteiger partial charge in [0.15, 0.2) is 6.10 Å². The molecule has 2 rings (SSSR count). The smallest absolute Gasteiger partial charge is 0.339 e. The zero-order valence-electron chi connectivity index (χ0n) is 8.19. The number of hydrogen-bond donors (Lipinski definition) is 0. The average Bonchev–Trinajstić information content (AvgIpc) is 2.28. The fourth-order valence-corrected chi connectivity index (χ4v) is 1.57.